The van der Waals surface area contributed by atoms with E-state index in [2.05, 4.69) is 24.1 Å². The minimum absolute atomic E-state index is 0.332. The van der Waals surface area contributed by atoms with Gasteiger partial charge in [0.25, 0.3) is 0 Å². The maximum absolute atomic E-state index is 11.4. The first kappa shape index (κ1) is 15.2. The van der Waals surface area contributed by atoms with Crippen LogP contribution >= 0.6 is 11.3 Å². The molecule has 1 N–H and O–H groups in total. The molecule has 0 spiro atoms. The SMILES string of the molecule is CC(C)NCc1nc(-c2ccc(S(C)(=O)=O)cc2)cs1. The summed E-state index contributed by atoms with van der Waals surface area (Å²) in [6.07, 6.45) is 1.21. The van der Waals surface area contributed by atoms with Crippen LogP contribution in [0.25, 0.3) is 11.3 Å². The Hall–Kier alpha value is -1.24. The van der Waals surface area contributed by atoms with E-state index in [1.165, 1.54) is 6.26 Å². The molecule has 0 bridgehead atoms. The van der Waals surface area contributed by atoms with Crippen molar-refractivity contribution in [3.05, 3.63) is 34.7 Å². The highest BCUT2D eigenvalue weighted by atomic mass is 32.2. The molecule has 0 aliphatic heterocycles. The molecule has 6 heteroatoms. The van der Waals surface area contributed by atoms with Gasteiger partial charge in [-0.25, -0.2) is 13.4 Å². The zero-order valence-corrected chi connectivity index (χ0v) is 13.4. The average Bonchev–Trinajstić information content (AvgIpc) is 2.84. The van der Waals surface area contributed by atoms with E-state index >= 15 is 0 Å². The lowest BCUT2D eigenvalue weighted by atomic mass is 10.2. The third-order valence-electron chi connectivity index (χ3n) is 2.79. The number of nitrogens with one attached hydrogen (secondary N) is 1. The van der Waals surface area contributed by atoms with Gasteiger partial charge < -0.3 is 5.32 Å². The van der Waals surface area contributed by atoms with Gasteiger partial charge in [0.1, 0.15) is 5.01 Å². The molecule has 1 aromatic heterocycles. The first-order chi connectivity index (χ1) is 9.36. The summed E-state index contributed by atoms with van der Waals surface area (Å²) in [5.41, 5.74) is 1.82. The number of hydrogen-bond donors (Lipinski definition) is 1. The van der Waals surface area contributed by atoms with Gasteiger partial charge in [0.15, 0.2) is 9.84 Å². The molecular formula is C14H18N2O2S2. The predicted molar refractivity (Wildman–Crippen MR) is 82.6 cm³/mol. The lowest BCUT2D eigenvalue weighted by Gasteiger charge is -2.04. The van der Waals surface area contributed by atoms with Gasteiger partial charge in [-0.2, -0.15) is 0 Å². The van der Waals surface area contributed by atoms with Gasteiger partial charge in [0, 0.05) is 29.8 Å². The van der Waals surface area contributed by atoms with Crippen LogP contribution in [0.4, 0.5) is 0 Å². The Bertz CT molecular complexity index is 673. The van der Waals surface area contributed by atoms with Gasteiger partial charge >= 0.3 is 0 Å². The van der Waals surface area contributed by atoms with Crippen molar-refractivity contribution in [3.8, 4) is 11.3 Å². The molecule has 0 saturated heterocycles. The number of nitrogens with zero attached hydrogens (tertiary/aromatic N) is 1. The smallest absolute Gasteiger partial charge is 0.175 e. The minimum Gasteiger partial charge on any atom is -0.308 e. The number of sulfone groups is 1. The van der Waals surface area contributed by atoms with Gasteiger partial charge in [0.05, 0.1) is 10.6 Å². The topological polar surface area (TPSA) is 59.1 Å². The Balaban J connectivity index is 2.16. The van der Waals surface area contributed by atoms with Crippen LogP contribution < -0.4 is 5.32 Å². The molecular weight excluding hydrogens is 292 g/mol. The summed E-state index contributed by atoms with van der Waals surface area (Å²) >= 11 is 1.60. The molecule has 0 atom stereocenters. The predicted octanol–water partition coefficient (Wildman–Crippen LogP) is 2.71. The second-order valence-corrected chi connectivity index (χ2v) is 7.92. The molecule has 108 valence electrons. The van der Waals surface area contributed by atoms with E-state index in [4.69, 9.17) is 0 Å². The Kier molecular flexibility index (Phi) is 4.57. The fourth-order valence-corrected chi connectivity index (χ4v) is 3.07. The molecule has 2 rings (SSSR count). The first-order valence-corrected chi connectivity index (χ1v) is 9.11. The van der Waals surface area contributed by atoms with Crippen molar-refractivity contribution in [3.63, 3.8) is 0 Å². The quantitative estimate of drug-likeness (QED) is 0.922. The summed E-state index contributed by atoms with van der Waals surface area (Å²) < 4.78 is 22.8. The fourth-order valence-electron chi connectivity index (χ4n) is 1.69. The van der Waals surface area contributed by atoms with Gasteiger partial charge in [-0.05, 0) is 12.1 Å². The van der Waals surface area contributed by atoms with Crippen molar-refractivity contribution in [1.82, 2.24) is 10.3 Å². The van der Waals surface area contributed by atoms with Crippen molar-refractivity contribution in [2.24, 2.45) is 0 Å². The van der Waals surface area contributed by atoms with Crippen LogP contribution in [-0.4, -0.2) is 25.7 Å². The molecule has 1 aromatic carbocycles. The summed E-state index contributed by atoms with van der Waals surface area (Å²) in [5, 5.41) is 6.35. The van der Waals surface area contributed by atoms with Crippen LogP contribution in [0.15, 0.2) is 34.5 Å². The first-order valence-electron chi connectivity index (χ1n) is 6.34. The van der Waals surface area contributed by atoms with Gasteiger partial charge in [-0.1, -0.05) is 26.0 Å². The molecule has 0 fully saturated rings. The fraction of sp³-hybridized carbons (Fsp3) is 0.357. The standard InChI is InChI=1S/C14H18N2O2S2/c1-10(2)15-8-14-16-13(9-19-14)11-4-6-12(7-5-11)20(3,17)18/h4-7,9-10,15H,8H2,1-3H3. The van der Waals surface area contributed by atoms with Crippen molar-refractivity contribution < 1.29 is 8.42 Å². The maximum Gasteiger partial charge on any atom is 0.175 e. The molecule has 1 heterocycles. The monoisotopic (exact) mass is 310 g/mol. The van der Waals surface area contributed by atoms with E-state index in [0.717, 1.165) is 22.8 Å². The van der Waals surface area contributed by atoms with Gasteiger partial charge in [-0.3, -0.25) is 0 Å². The number of rotatable bonds is 5. The Morgan fingerprint density at radius 1 is 1.25 bits per heavy atom. The summed E-state index contributed by atoms with van der Waals surface area (Å²) in [6.45, 7) is 4.95. The lowest BCUT2D eigenvalue weighted by Crippen LogP contribution is -2.21. The van der Waals surface area contributed by atoms with Crippen LogP contribution in [-0.2, 0) is 16.4 Å². The second kappa shape index (κ2) is 6.03. The Labute approximate surface area is 123 Å². The molecule has 4 nitrogen and oxygen atoms in total. The van der Waals surface area contributed by atoms with Crippen LogP contribution in [0.5, 0.6) is 0 Å². The molecule has 0 unspecified atom stereocenters. The summed E-state index contributed by atoms with van der Waals surface area (Å²) in [6, 6.07) is 7.26. The van der Waals surface area contributed by atoms with E-state index in [1.54, 1.807) is 35.6 Å². The normalized spacial score (nSPS) is 12.0. The van der Waals surface area contributed by atoms with E-state index in [-0.39, 0.29) is 0 Å². The van der Waals surface area contributed by atoms with E-state index < -0.39 is 9.84 Å². The third-order valence-corrected chi connectivity index (χ3v) is 4.77. The second-order valence-electron chi connectivity index (χ2n) is 4.96. The summed E-state index contributed by atoms with van der Waals surface area (Å²) in [7, 11) is -3.14. The number of thiazole rings is 1. The highest BCUT2D eigenvalue weighted by Crippen LogP contribution is 2.23. The van der Waals surface area contributed by atoms with Crippen LogP contribution in [0, 0.1) is 0 Å². The molecule has 20 heavy (non-hydrogen) atoms. The largest absolute Gasteiger partial charge is 0.308 e. The van der Waals surface area contributed by atoms with Gasteiger partial charge in [-0.15, -0.1) is 11.3 Å². The van der Waals surface area contributed by atoms with Gasteiger partial charge in [0.2, 0.25) is 0 Å². The highest BCUT2D eigenvalue weighted by Gasteiger charge is 2.09. The summed E-state index contributed by atoms with van der Waals surface area (Å²) in [4.78, 5) is 4.88. The zero-order valence-electron chi connectivity index (χ0n) is 11.8. The molecule has 0 aliphatic rings. The van der Waals surface area contributed by atoms with E-state index in [0.29, 0.717) is 10.9 Å². The van der Waals surface area contributed by atoms with Crippen LogP contribution in [0.3, 0.4) is 0 Å². The average molecular weight is 310 g/mol. The van der Waals surface area contributed by atoms with Crippen molar-refractivity contribution in [1.29, 1.82) is 0 Å². The molecule has 0 radical (unpaired) electrons. The zero-order chi connectivity index (χ0) is 14.8. The van der Waals surface area contributed by atoms with Crippen molar-refractivity contribution in [2.75, 3.05) is 6.26 Å². The van der Waals surface area contributed by atoms with Crippen molar-refractivity contribution >= 4 is 21.2 Å². The van der Waals surface area contributed by atoms with E-state index in [1.807, 2.05) is 5.38 Å². The Morgan fingerprint density at radius 3 is 2.45 bits per heavy atom. The number of hydrogen-bond acceptors (Lipinski definition) is 5. The molecule has 0 saturated carbocycles. The minimum atomic E-state index is -3.14. The third kappa shape index (κ3) is 3.88. The maximum atomic E-state index is 11.4. The molecule has 2 aromatic rings. The van der Waals surface area contributed by atoms with Crippen molar-refractivity contribution in [2.45, 2.75) is 31.3 Å². The molecule has 0 amide bonds. The number of benzene rings is 1. The molecule has 0 aliphatic carbocycles. The summed E-state index contributed by atoms with van der Waals surface area (Å²) in [5.74, 6) is 0. The van der Waals surface area contributed by atoms with E-state index in [9.17, 15) is 8.42 Å². The van der Waals surface area contributed by atoms with Crippen LogP contribution in [0.1, 0.15) is 18.9 Å². The Morgan fingerprint density at radius 2 is 1.90 bits per heavy atom. The lowest BCUT2D eigenvalue weighted by molar-refractivity contribution is 0.587. The van der Waals surface area contributed by atoms with Crippen LogP contribution in [0.2, 0.25) is 0 Å². The number of aromatic nitrogens is 1. The highest BCUT2D eigenvalue weighted by molar-refractivity contribution is 7.90.